The molecule has 2 amide bonds. The van der Waals surface area contributed by atoms with Gasteiger partial charge in [-0.1, -0.05) is 38.2 Å². The van der Waals surface area contributed by atoms with E-state index in [2.05, 4.69) is 10.6 Å². The number of nitrogens with zero attached hydrogens (tertiary/aromatic N) is 1. The Balaban J connectivity index is 0.0000101. The Morgan fingerprint density at radius 2 is 1.82 bits per heavy atom. The molecule has 6 atom stereocenters. The van der Waals surface area contributed by atoms with E-state index in [9.17, 15) is 24.3 Å². The molecule has 0 saturated carbocycles. The molecule has 0 saturated heterocycles. The van der Waals surface area contributed by atoms with Gasteiger partial charge in [0.2, 0.25) is 11.6 Å². The molecule has 0 aromatic heterocycles. The van der Waals surface area contributed by atoms with Gasteiger partial charge in [0.1, 0.15) is 6.10 Å². The smallest absolute Gasteiger partial charge is 0.405 e. The highest BCUT2D eigenvalue weighted by atomic mass is 35.5. The molecular formula is C32H49ClN4O8. The van der Waals surface area contributed by atoms with Crippen LogP contribution in [0.3, 0.4) is 0 Å². The number of allylic oxidation sites excluding steroid dienone is 4. The molecule has 1 heterocycles. The SMILES string of the molecule is COC1/C=C/C=C(\C)C(=O)NC2=CC(=O)C(NCCN(C)C)=C(C[C@@H](C)CC(OC)[C@H](O)[C@@H](C)/C=C(\C)[C@@H]1OC(N)=O)C2=O.Cl. The predicted octanol–water partition coefficient (Wildman–Crippen LogP) is 2.34. The van der Waals surface area contributed by atoms with Crippen LogP contribution in [0.5, 0.6) is 0 Å². The minimum Gasteiger partial charge on any atom is -0.439 e. The van der Waals surface area contributed by atoms with E-state index >= 15 is 0 Å². The quantitative estimate of drug-likeness (QED) is 0.237. The van der Waals surface area contributed by atoms with Crippen molar-refractivity contribution >= 4 is 36.0 Å². The molecule has 45 heavy (non-hydrogen) atoms. The van der Waals surface area contributed by atoms with Crippen LogP contribution in [0.2, 0.25) is 0 Å². The van der Waals surface area contributed by atoms with Gasteiger partial charge in [0, 0.05) is 50.4 Å². The first-order chi connectivity index (χ1) is 20.7. The second kappa shape index (κ2) is 18.6. The van der Waals surface area contributed by atoms with E-state index in [1.807, 2.05) is 32.8 Å². The van der Waals surface area contributed by atoms with Crippen molar-refractivity contribution in [2.75, 3.05) is 41.4 Å². The lowest BCUT2D eigenvalue weighted by atomic mass is 9.85. The first kappa shape index (κ1) is 39.7. The molecular weight excluding hydrogens is 604 g/mol. The number of methoxy groups -OCH3 is 2. The molecule has 0 aromatic rings. The van der Waals surface area contributed by atoms with Gasteiger partial charge in [0.25, 0.3) is 5.91 Å². The lowest BCUT2D eigenvalue weighted by Gasteiger charge is -2.30. The predicted molar refractivity (Wildman–Crippen MR) is 173 cm³/mol. The van der Waals surface area contributed by atoms with Crippen LogP contribution in [0.1, 0.15) is 40.5 Å². The zero-order chi connectivity index (χ0) is 33.1. The fourth-order valence-corrected chi connectivity index (χ4v) is 5.18. The number of Topliss-reactive ketones (excluding diaryl/α,β-unsaturated/α-hetero) is 1. The Kier molecular flexibility index (Phi) is 16.4. The van der Waals surface area contributed by atoms with E-state index in [1.165, 1.54) is 20.3 Å². The number of ether oxygens (including phenoxy) is 3. The number of hydrogen-bond donors (Lipinski definition) is 4. The molecule has 2 bridgehead atoms. The van der Waals surface area contributed by atoms with Gasteiger partial charge in [0.05, 0.1) is 23.6 Å². The summed E-state index contributed by atoms with van der Waals surface area (Å²) >= 11 is 0. The summed E-state index contributed by atoms with van der Waals surface area (Å²) in [7, 11) is 6.74. The van der Waals surface area contributed by atoms with Crippen LogP contribution in [0.15, 0.2) is 58.5 Å². The number of nitrogens with two attached hydrogens (primary N) is 1. The molecule has 0 radical (unpaired) electrons. The Labute approximate surface area is 272 Å². The van der Waals surface area contributed by atoms with Crippen molar-refractivity contribution in [2.24, 2.45) is 17.6 Å². The number of nitrogens with one attached hydrogen (secondary N) is 2. The number of ketones is 2. The van der Waals surface area contributed by atoms with E-state index < -0.39 is 53.9 Å². The van der Waals surface area contributed by atoms with Crippen LogP contribution in [-0.4, -0.2) is 99.4 Å². The first-order valence-corrected chi connectivity index (χ1v) is 14.7. The largest absolute Gasteiger partial charge is 0.439 e. The van der Waals surface area contributed by atoms with Gasteiger partial charge in [-0.3, -0.25) is 14.4 Å². The van der Waals surface area contributed by atoms with Crippen molar-refractivity contribution in [1.82, 2.24) is 15.5 Å². The summed E-state index contributed by atoms with van der Waals surface area (Å²) in [6.07, 6.45) is 3.88. The van der Waals surface area contributed by atoms with Gasteiger partial charge in [-0.05, 0) is 52.3 Å². The van der Waals surface area contributed by atoms with Crippen molar-refractivity contribution in [3.63, 3.8) is 0 Å². The monoisotopic (exact) mass is 652 g/mol. The average Bonchev–Trinajstić information content (AvgIpc) is 2.95. The highest BCUT2D eigenvalue weighted by Gasteiger charge is 2.33. The number of carbonyl (C=O) groups is 4. The van der Waals surface area contributed by atoms with E-state index in [0.717, 1.165) is 6.08 Å². The molecule has 0 fully saturated rings. The average molecular weight is 653 g/mol. The Morgan fingerprint density at radius 1 is 1.16 bits per heavy atom. The maximum absolute atomic E-state index is 13.7. The number of aliphatic hydroxyl groups is 1. The van der Waals surface area contributed by atoms with Gasteiger partial charge in [0.15, 0.2) is 6.10 Å². The van der Waals surface area contributed by atoms with Crippen molar-refractivity contribution in [3.05, 3.63) is 58.5 Å². The fraction of sp³-hybridized carbons (Fsp3) is 0.562. The van der Waals surface area contributed by atoms with Crippen LogP contribution < -0.4 is 16.4 Å². The van der Waals surface area contributed by atoms with Gasteiger partial charge in [-0.25, -0.2) is 4.79 Å². The fourth-order valence-electron chi connectivity index (χ4n) is 5.18. The number of aliphatic hydroxyl groups excluding tert-OH is 1. The van der Waals surface area contributed by atoms with Crippen molar-refractivity contribution in [1.29, 1.82) is 0 Å². The third-order valence-electron chi connectivity index (χ3n) is 7.65. The topological polar surface area (TPSA) is 170 Å². The molecule has 5 N–H and O–H groups in total. The van der Waals surface area contributed by atoms with Crippen LogP contribution in [0.25, 0.3) is 0 Å². The van der Waals surface area contributed by atoms with Crippen molar-refractivity contribution < 1.29 is 38.5 Å². The molecule has 0 aromatic carbocycles. The summed E-state index contributed by atoms with van der Waals surface area (Å²) in [5, 5.41) is 17.0. The third kappa shape index (κ3) is 11.5. The summed E-state index contributed by atoms with van der Waals surface area (Å²) in [6.45, 7) is 8.09. The summed E-state index contributed by atoms with van der Waals surface area (Å²) in [5.74, 6) is -2.06. The van der Waals surface area contributed by atoms with Gasteiger partial charge in [-0.15, -0.1) is 12.4 Å². The number of fused-ring (bicyclic) bond motifs is 2. The van der Waals surface area contributed by atoms with Crippen LogP contribution >= 0.6 is 12.4 Å². The molecule has 1 aliphatic carbocycles. The molecule has 252 valence electrons. The molecule has 2 unspecified atom stereocenters. The molecule has 0 spiro atoms. The summed E-state index contributed by atoms with van der Waals surface area (Å²) in [6, 6.07) is 0. The standard InChI is InChI=1S/C32H48N4O8.ClH/c1-18-14-22-27(34-12-13-36(5)6)24(37)17-23(29(22)39)35-31(40)19(2)10-9-11-25(42-7)30(44-32(33)41)21(4)16-20(3)28(38)26(15-18)43-8;/h9-11,16-18,20,25-26,28,30,34,38H,12-15H2,1-8H3,(H2,33,41)(H,35,40);1H/b11-9+,19-10+,21-16+;/t18-,20+,25?,26?,28-,30+;/m1./s1. The Bertz CT molecular complexity index is 1240. The van der Waals surface area contributed by atoms with E-state index in [-0.39, 0.29) is 47.3 Å². The maximum Gasteiger partial charge on any atom is 0.405 e. The number of primary amides is 1. The highest BCUT2D eigenvalue weighted by molar-refractivity contribution is 6.23. The van der Waals surface area contributed by atoms with E-state index in [1.54, 1.807) is 32.1 Å². The summed E-state index contributed by atoms with van der Waals surface area (Å²) in [4.78, 5) is 53.7. The third-order valence-corrected chi connectivity index (χ3v) is 7.65. The lowest BCUT2D eigenvalue weighted by molar-refractivity contribution is -0.120. The van der Waals surface area contributed by atoms with Gasteiger partial charge >= 0.3 is 6.09 Å². The zero-order valence-corrected chi connectivity index (χ0v) is 28.2. The Morgan fingerprint density at radius 3 is 2.40 bits per heavy atom. The molecule has 2 rings (SSSR count). The Hall–Kier alpha value is -3.29. The number of halogens is 1. The normalized spacial score (nSPS) is 30.3. The zero-order valence-electron chi connectivity index (χ0n) is 27.4. The number of amides is 2. The van der Waals surface area contributed by atoms with Crippen LogP contribution in [-0.2, 0) is 28.6 Å². The minimum atomic E-state index is -0.997. The summed E-state index contributed by atoms with van der Waals surface area (Å²) < 4.78 is 16.6. The molecule has 13 heteroatoms. The maximum atomic E-state index is 13.7. The number of likely N-dealkylation sites (N-methyl/N-ethyl adjacent to an activating group) is 1. The second-order valence-corrected chi connectivity index (χ2v) is 11.7. The molecule has 2 aliphatic rings. The van der Waals surface area contributed by atoms with Crippen molar-refractivity contribution in [2.45, 2.75) is 65.0 Å². The van der Waals surface area contributed by atoms with E-state index in [4.69, 9.17) is 19.9 Å². The number of carbonyl (C=O) groups excluding carboxylic acids is 4. The first-order valence-electron chi connectivity index (χ1n) is 14.7. The molecule has 12 nitrogen and oxygen atoms in total. The number of hydrogen-bond acceptors (Lipinski definition) is 10. The van der Waals surface area contributed by atoms with Crippen molar-refractivity contribution in [3.8, 4) is 0 Å². The second-order valence-electron chi connectivity index (χ2n) is 11.7. The van der Waals surface area contributed by atoms with Gasteiger partial charge < -0.3 is 40.6 Å². The minimum absolute atomic E-state index is 0. The van der Waals surface area contributed by atoms with Gasteiger partial charge in [-0.2, -0.15) is 0 Å². The molecule has 1 aliphatic heterocycles. The van der Waals surface area contributed by atoms with Crippen LogP contribution in [0.4, 0.5) is 4.79 Å². The summed E-state index contributed by atoms with van der Waals surface area (Å²) in [5.41, 5.74) is 6.55. The highest BCUT2D eigenvalue weighted by Crippen LogP contribution is 2.28. The van der Waals surface area contributed by atoms with Crippen LogP contribution in [0, 0.1) is 11.8 Å². The lowest BCUT2D eigenvalue weighted by Crippen LogP contribution is -2.38. The van der Waals surface area contributed by atoms with E-state index in [0.29, 0.717) is 25.1 Å². The number of rotatable bonds is 7.